The monoisotopic (exact) mass is 388 g/mol. The van der Waals surface area contributed by atoms with E-state index in [1.54, 1.807) is 47.2 Å². The van der Waals surface area contributed by atoms with Crippen molar-refractivity contribution < 1.29 is 14.3 Å². The molecule has 7 nitrogen and oxygen atoms in total. The Hall–Kier alpha value is -2.80. The number of benzene rings is 1. The Kier molecular flexibility index (Phi) is 6.13. The highest BCUT2D eigenvalue weighted by Gasteiger charge is 2.25. The number of hydrogen-bond acceptors (Lipinski definition) is 5. The fourth-order valence-corrected chi connectivity index (χ4v) is 2.89. The summed E-state index contributed by atoms with van der Waals surface area (Å²) in [6.07, 6.45) is 1.22. The summed E-state index contributed by atoms with van der Waals surface area (Å²) >= 11 is 5.87. The third-order valence-corrected chi connectivity index (χ3v) is 4.47. The first-order chi connectivity index (χ1) is 13.1. The van der Waals surface area contributed by atoms with Crippen LogP contribution in [-0.4, -0.2) is 59.6 Å². The number of anilines is 2. The molecule has 142 valence electrons. The highest BCUT2D eigenvalue weighted by atomic mass is 35.5. The molecule has 0 radical (unpaired) electrons. The fraction of sp³-hybridized carbons (Fsp3) is 0.316. The summed E-state index contributed by atoms with van der Waals surface area (Å²) in [5, 5.41) is 3.82. The quantitative estimate of drug-likeness (QED) is 0.868. The molecular formula is C19H21ClN4O3. The Balaban J connectivity index is 1.56. The van der Waals surface area contributed by atoms with Gasteiger partial charge in [-0.05, 0) is 43.3 Å². The Bertz CT molecular complexity index is 788. The Labute approximate surface area is 162 Å². The molecule has 1 N–H and O–H groups in total. The minimum absolute atomic E-state index is 0.0935. The van der Waals surface area contributed by atoms with Gasteiger partial charge < -0.3 is 19.9 Å². The summed E-state index contributed by atoms with van der Waals surface area (Å²) in [5.41, 5.74) is 1.38. The van der Waals surface area contributed by atoms with Crippen molar-refractivity contribution in [1.82, 2.24) is 14.8 Å². The molecule has 1 fully saturated rings. The zero-order valence-electron chi connectivity index (χ0n) is 15.0. The zero-order valence-corrected chi connectivity index (χ0v) is 15.8. The number of nitrogens with one attached hydrogen (secondary N) is 1. The number of piperazine rings is 1. The number of halogens is 1. The lowest BCUT2D eigenvalue weighted by molar-refractivity contribution is 0.0570. The first-order valence-electron chi connectivity index (χ1n) is 8.76. The number of carbonyl (C=O) groups excluding carboxylic acids is 2. The number of pyridine rings is 1. The number of nitrogens with zero attached hydrogens (tertiary/aromatic N) is 3. The van der Waals surface area contributed by atoms with E-state index < -0.39 is 0 Å². The molecule has 3 rings (SSSR count). The second-order valence-corrected chi connectivity index (χ2v) is 6.48. The van der Waals surface area contributed by atoms with E-state index in [0.717, 1.165) is 5.69 Å². The molecule has 1 aliphatic heterocycles. The van der Waals surface area contributed by atoms with Crippen LogP contribution in [-0.2, 0) is 4.74 Å². The average molecular weight is 389 g/mol. The largest absolute Gasteiger partial charge is 0.450 e. The number of carbonyl (C=O) groups is 2. The third-order valence-electron chi connectivity index (χ3n) is 4.22. The van der Waals surface area contributed by atoms with E-state index in [1.165, 1.54) is 0 Å². The van der Waals surface area contributed by atoms with Crippen molar-refractivity contribution in [3.8, 4) is 0 Å². The van der Waals surface area contributed by atoms with Gasteiger partial charge in [0, 0.05) is 43.1 Å². The van der Waals surface area contributed by atoms with Crippen LogP contribution in [0.5, 0.6) is 0 Å². The molecule has 1 aliphatic rings. The van der Waals surface area contributed by atoms with Crippen molar-refractivity contribution in [3.05, 3.63) is 53.2 Å². The van der Waals surface area contributed by atoms with Crippen LogP contribution in [0.2, 0.25) is 5.02 Å². The molecule has 1 saturated heterocycles. The van der Waals surface area contributed by atoms with E-state index in [0.29, 0.717) is 49.2 Å². The van der Waals surface area contributed by atoms with Gasteiger partial charge in [-0.1, -0.05) is 11.6 Å². The summed E-state index contributed by atoms with van der Waals surface area (Å²) in [6, 6.07) is 10.8. The van der Waals surface area contributed by atoms with E-state index in [9.17, 15) is 9.59 Å². The van der Waals surface area contributed by atoms with Gasteiger partial charge in [0.1, 0.15) is 5.82 Å². The first-order valence-corrected chi connectivity index (χ1v) is 9.14. The number of ether oxygens (including phenoxy) is 1. The molecule has 0 unspecified atom stereocenters. The molecule has 2 aromatic rings. The van der Waals surface area contributed by atoms with Gasteiger partial charge in [-0.2, -0.15) is 0 Å². The maximum atomic E-state index is 12.6. The molecular weight excluding hydrogens is 368 g/mol. The van der Waals surface area contributed by atoms with Crippen molar-refractivity contribution in [3.63, 3.8) is 0 Å². The van der Waals surface area contributed by atoms with Crippen LogP contribution in [0, 0.1) is 0 Å². The van der Waals surface area contributed by atoms with E-state index in [4.69, 9.17) is 16.3 Å². The predicted octanol–water partition coefficient (Wildman–Crippen LogP) is 3.39. The smallest absolute Gasteiger partial charge is 0.409 e. The minimum atomic E-state index is -0.330. The molecule has 27 heavy (non-hydrogen) atoms. The van der Waals surface area contributed by atoms with E-state index in [1.807, 2.05) is 12.1 Å². The maximum Gasteiger partial charge on any atom is 0.409 e. The Morgan fingerprint density at radius 1 is 1.07 bits per heavy atom. The van der Waals surface area contributed by atoms with Crippen LogP contribution >= 0.6 is 11.6 Å². The lowest BCUT2D eigenvalue weighted by Gasteiger charge is -2.34. The van der Waals surface area contributed by atoms with Crippen molar-refractivity contribution in [1.29, 1.82) is 0 Å². The van der Waals surface area contributed by atoms with Crippen LogP contribution in [0.4, 0.5) is 16.3 Å². The van der Waals surface area contributed by atoms with Gasteiger partial charge in [0.2, 0.25) is 0 Å². The fourth-order valence-electron chi connectivity index (χ4n) is 2.76. The van der Waals surface area contributed by atoms with Crippen molar-refractivity contribution in [2.75, 3.05) is 38.1 Å². The van der Waals surface area contributed by atoms with Crippen molar-refractivity contribution in [2.45, 2.75) is 6.92 Å². The van der Waals surface area contributed by atoms with Gasteiger partial charge in [-0.15, -0.1) is 0 Å². The SMILES string of the molecule is CCOC(=O)N1CCN(C(=O)c2ccc(Nc3ccc(Cl)cc3)nc2)CC1. The summed E-state index contributed by atoms with van der Waals surface area (Å²) in [5.74, 6) is 0.546. The second-order valence-electron chi connectivity index (χ2n) is 6.04. The molecule has 0 spiro atoms. The van der Waals surface area contributed by atoms with E-state index >= 15 is 0 Å². The molecule has 0 aliphatic carbocycles. The van der Waals surface area contributed by atoms with Gasteiger partial charge in [0.25, 0.3) is 5.91 Å². The third kappa shape index (κ3) is 4.89. The van der Waals surface area contributed by atoms with Crippen molar-refractivity contribution in [2.24, 2.45) is 0 Å². The molecule has 8 heteroatoms. The lowest BCUT2D eigenvalue weighted by atomic mass is 10.2. The van der Waals surface area contributed by atoms with Crippen LogP contribution in [0.3, 0.4) is 0 Å². The summed E-state index contributed by atoms with van der Waals surface area (Å²) in [6.45, 7) is 4.00. The van der Waals surface area contributed by atoms with E-state index in [2.05, 4.69) is 10.3 Å². The Morgan fingerprint density at radius 3 is 2.33 bits per heavy atom. The van der Waals surface area contributed by atoms with Gasteiger partial charge in [-0.3, -0.25) is 4.79 Å². The van der Waals surface area contributed by atoms with Gasteiger partial charge in [-0.25, -0.2) is 9.78 Å². The lowest BCUT2D eigenvalue weighted by Crippen LogP contribution is -2.50. The summed E-state index contributed by atoms with van der Waals surface area (Å²) < 4.78 is 4.99. The first kappa shape index (κ1) is 19.0. The molecule has 0 bridgehead atoms. The number of aromatic nitrogens is 1. The average Bonchev–Trinajstić information content (AvgIpc) is 2.70. The molecule has 0 saturated carbocycles. The normalized spacial score (nSPS) is 14.0. The van der Waals surface area contributed by atoms with E-state index in [-0.39, 0.29) is 12.0 Å². The molecule has 2 heterocycles. The number of amides is 2. The highest BCUT2D eigenvalue weighted by Crippen LogP contribution is 2.18. The second kappa shape index (κ2) is 8.73. The van der Waals surface area contributed by atoms with Gasteiger partial charge >= 0.3 is 6.09 Å². The molecule has 0 atom stereocenters. The summed E-state index contributed by atoms with van der Waals surface area (Å²) in [7, 11) is 0. The highest BCUT2D eigenvalue weighted by molar-refractivity contribution is 6.30. The maximum absolute atomic E-state index is 12.6. The molecule has 1 aromatic heterocycles. The summed E-state index contributed by atoms with van der Waals surface area (Å²) in [4.78, 5) is 32.0. The Morgan fingerprint density at radius 2 is 1.74 bits per heavy atom. The van der Waals surface area contributed by atoms with Crippen LogP contribution in [0.1, 0.15) is 17.3 Å². The van der Waals surface area contributed by atoms with Gasteiger partial charge in [0.15, 0.2) is 0 Å². The van der Waals surface area contributed by atoms with Crippen LogP contribution in [0.25, 0.3) is 0 Å². The topological polar surface area (TPSA) is 74.8 Å². The minimum Gasteiger partial charge on any atom is -0.450 e. The van der Waals surface area contributed by atoms with Gasteiger partial charge in [0.05, 0.1) is 12.2 Å². The van der Waals surface area contributed by atoms with Crippen LogP contribution in [0.15, 0.2) is 42.6 Å². The zero-order chi connectivity index (χ0) is 19.2. The predicted molar refractivity (Wildman–Crippen MR) is 103 cm³/mol. The molecule has 1 aromatic carbocycles. The molecule has 2 amide bonds. The standard InChI is InChI=1S/C19H21ClN4O3/c1-2-27-19(26)24-11-9-23(10-12-24)18(25)14-3-8-17(21-13-14)22-16-6-4-15(20)5-7-16/h3-8,13H,2,9-12H2,1H3,(H,21,22). The van der Waals surface area contributed by atoms with Crippen LogP contribution < -0.4 is 5.32 Å². The number of hydrogen-bond donors (Lipinski definition) is 1. The van der Waals surface area contributed by atoms with Crippen molar-refractivity contribution >= 4 is 35.1 Å². The number of rotatable bonds is 4.